The molecule has 4 N–H and O–H groups in total. The largest absolute Gasteiger partial charge is 0.508 e. The third-order valence-electron chi connectivity index (χ3n) is 9.34. The predicted octanol–water partition coefficient (Wildman–Crippen LogP) is 7.30. The lowest BCUT2D eigenvalue weighted by Gasteiger charge is -2.33. The van der Waals surface area contributed by atoms with Crippen LogP contribution in [0.1, 0.15) is 99.8 Å². The topological polar surface area (TPSA) is 160 Å². The highest BCUT2D eigenvalue weighted by molar-refractivity contribution is 5.98. The fourth-order valence-corrected chi connectivity index (χ4v) is 5.97. The lowest BCUT2D eigenvalue weighted by atomic mass is 9.77. The van der Waals surface area contributed by atoms with Crippen molar-refractivity contribution in [3.8, 4) is 0 Å². The van der Waals surface area contributed by atoms with Crippen molar-refractivity contribution >= 4 is 17.5 Å². The Labute approximate surface area is 292 Å². The Kier molecular flexibility index (Phi) is 19.0. The fraction of sp³-hybridized carbons (Fsp3) is 0.615. The number of ketones is 2. The zero-order valence-corrected chi connectivity index (χ0v) is 31.2. The first-order valence-electron chi connectivity index (χ1n) is 17.1. The van der Waals surface area contributed by atoms with Gasteiger partial charge in [-0.3, -0.25) is 14.4 Å². The smallest absolute Gasteiger partial charge is 0.303 e. The van der Waals surface area contributed by atoms with E-state index < -0.39 is 29.9 Å². The van der Waals surface area contributed by atoms with Crippen molar-refractivity contribution in [1.29, 1.82) is 0 Å². The molecule has 0 fully saturated rings. The minimum Gasteiger partial charge on any atom is -0.508 e. The van der Waals surface area contributed by atoms with Crippen molar-refractivity contribution in [2.24, 2.45) is 23.7 Å². The fourth-order valence-electron chi connectivity index (χ4n) is 5.97. The number of ether oxygens (including phenoxy) is 3. The molecule has 0 radical (unpaired) electrons. The molecule has 0 spiro atoms. The normalized spacial score (nSPS) is 25.1. The molecule has 0 aromatic carbocycles. The third kappa shape index (κ3) is 13.3. The number of carboxylic acids is 1. The quantitative estimate of drug-likeness (QED) is 0.121. The van der Waals surface area contributed by atoms with Gasteiger partial charge in [0.25, 0.3) is 0 Å². The molecule has 10 nitrogen and oxygen atoms in total. The second-order valence-electron chi connectivity index (χ2n) is 13.4. The standard InChI is InChI=1S/C23H36O4.C16H24O6/c1-15(2)9-7-10-16(3)11-8-12-17(4)13-14-19-18(5)20(24)23(27-6)22(26)21(19)25;1-9(6-8-12(17)18)5-7-11-10(2)13(19)15(21-3)16(22-4)14(11)20/h9,11,13,18-19,21,24-25H,7-8,10,12,14H2,1-6H3;5,10-11,14,20H,6-8H2,1-4H3,(H,17,18)/b16-11+,17-13+;9-5+. The zero-order valence-electron chi connectivity index (χ0n) is 31.2. The summed E-state index contributed by atoms with van der Waals surface area (Å²) in [6.45, 7) is 13.9. The van der Waals surface area contributed by atoms with Crippen molar-refractivity contribution in [1.82, 2.24) is 0 Å². The van der Waals surface area contributed by atoms with Crippen molar-refractivity contribution in [2.45, 2.75) is 112 Å². The number of aliphatic hydroxyl groups excluding tert-OH is 3. The highest BCUT2D eigenvalue weighted by Gasteiger charge is 2.43. The number of carboxylic acid groups (broad SMARTS) is 1. The van der Waals surface area contributed by atoms with Gasteiger partial charge < -0.3 is 34.6 Å². The molecule has 0 aromatic rings. The molecule has 6 atom stereocenters. The molecular weight excluding hydrogens is 628 g/mol. The van der Waals surface area contributed by atoms with Gasteiger partial charge in [0, 0.05) is 30.1 Å². The van der Waals surface area contributed by atoms with E-state index in [1.54, 1.807) is 6.92 Å². The van der Waals surface area contributed by atoms with Crippen LogP contribution in [0.5, 0.6) is 0 Å². The van der Waals surface area contributed by atoms with Crippen LogP contribution in [0.4, 0.5) is 0 Å². The molecule has 0 saturated heterocycles. The number of Topliss-reactive ketones (excluding diaryl/α,β-unsaturated/α-hetero) is 2. The first kappa shape index (κ1) is 43.4. The molecule has 0 aromatic heterocycles. The van der Waals surface area contributed by atoms with E-state index in [4.69, 9.17) is 19.3 Å². The molecule has 2 aliphatic carbocycles. The summed E-state index contributed by atoms with van der Waals surface area (Å²) in [5.74, 6) is -2.85. The summed E-state index contributed by atoms with van der Waals surface area (Å²) in [5.41, 5.74) is 4.92. The summed E-state index contributed by atoms with van der Waals surface area (Å²) < 4.78 is 15.1. The van der Waals surface area contributed by atoms with Gasteiger partial charge in [0.15, 0.2) is 5.76 Å². The number of aliphatic carboxylic acids is 1. The van der Waals surface area contributed by atoms with Gasteiger partial charge in [-0.2, -0.15) is 0 Å². The van der Waals surface area contributed by atoms with Gasteiger partial charge in [0.05, 0.1) is 21.3 Å². The van der Waals surface area contributed by atoms with Crippen molar-refractivity contribution < 1.29 is 49.0 Å². The van der Waals surface area contributed by atoms with E-state index in [9.17, 15) is 29.7 Å². The lowest BCUT2D eigenvalue weighted by Crippen LogP contribution is -2.40. The average molecular weight is 689 g/mol. The zero-order chi connectivity index (χ0) is 37.4. The molecule has 10 heteroatoms. The van der Waals surface area contributed by atoms with Crippen molar-refractivity contribution in [2.75, 3.05) is 21.3 Å². The van der Waals surface area contributed by atoms with E-state index in [0.29, 0.717) is 19.3 Å². The first-order valence-corrected chi connectivity index (χ1v) is 17.1. The van der Waals surface area contributed by atoms with Crippen LogP contribution < -0.4 is 0 Å². The summed E-state index contributed by atoms with van der Waals surface area (Å²) in [5, 5.41) is 39.5. The predicted molar refractivity (Wildman–Crippen MR) is 190 cm³/mol. The van der Waals surface area contributed by atoms with Crippen LogP contribution in [0.15, 0.2) is 69.6 Å². The van der Waals surface area contributed by atoms with Crippen LogP contribution in [0.25, 0.3) is 0 Å². The molecule has 49 heavy (non-hydrogen) atoms. The second kappa shape index (κ2) is 21.5. The van der Waals surface area contributed by atoms with Crippen molar-refractivity contribution in [3.05, 3.63) is 69.6 Å². The van der Waals surface area contributed by atoms with E-state index in [2.05, 4.69) is 45.9 Å². The van der Waals surface area contributed by atoms with Gasteiger partial charge in [-0.1, -0.05) is 60.4 Å². The van der Waals surface area contributed by atoms with Crippen LogP contribution in [0.2, 0.25) is 0 Å². The summed E-state index contributed by atoms with van der Waals surface area (Å²) in [7, 11) is 4.11. The van der Waals surface area contributed by atoms with E-state index in [0.717, 1.165) is 31.3 Å². The second-order valence-corrected chi connectivity index (χ2v) is 13.4. The van der Waals surface area contributed by atoms with Gasteiger partial charge in [-0.05, 0) is 79.6 Å². The van der Waals surface area contributed by atoms with E-state index in [1.807, 2.05) is 19.9 Å². The number of allylic oxidation sites excluding steroid dienone is 10. The summed E-state index contributed by atoms with van der Waals surface area (Å²) in [6, 6.07) is 0. The van der Waals surface area contributed by atoms with Crippen LogP contribution in [0.3, 0.4) is 0 Å². The number of aliphatic hydroxyl groups is 3. The molecule has 0 aliphatic heterocycles. The number of carbonyl (C=O) groups excluding carboxylic acids is 2. The number of carbonyl (C=O) groups is 3. The summed E-state index contributed by atoms with van der Waals surface area (Å²) in [4.78, 5) is 34.9. The molecule has 0 bridgehead atoms. The van der Waals surface area contributed by atoms with Crippen LogP contribution >= 0.6 is 0 Å². The lowest BCUT2D eigenvalue weighted by molar-refractivity contribution is -0.137. The monoisotopic (exact) mass is 688 g/mol. The van der Waals surface area contributed by atoms with E-state index >= 15 is 0 Å². The molecule has 2 rings (SSSR count). The van der Waals surface area contributed by atoms with E-state index in [-0.39, 0.29) is 53.0 Å². The maximum Gasteiger partial charge on any atom is 0.303 e. The molecule has 2 aliphatic rings. The Morgan fingerprint density at radius 2 is 1.14 bits per heavy atom. The minimum absolute atomic E-state index is 0.0567. The van der Waals surface area contributed by atoms with Crippen LogP contribution in [-0.4, -0.2) is 71.5 Å². The van der Waals surface area contributed by atoms with Gasteiger partial charge >= 0.3 is 5.97 Å². The van der Waals surface area contributed by atoms with Crippen LogP contribution in [-0.2, 0) is 28.6 Å². The average Bonchev–Trinajstić information content (AvgIpc) is 3.04. The minimum atomic E-state index is -1.13. The molecule has 0 heterocycles. The van der Waals surface area contributed by atoms with Gasteiger partial charge in [-0.15, -0.1) is 0 Å². The highest BCUT2D eigenvalue weighted by Crippen LogP contribution is 2.36. The van der Waals surface area contributed by atoms with Gasteiger partial charge in [0.2, 0.25) is 23.1 Å². The SMILES string of the molecule is COC1=C(O)C(C)C(C/C=C(\C)CC/C=C(\C)CCC=C(C)C)C(O)C1=O.COC1=C(OC)C(O)C(C/C=C(\C)CCC(=O)O)C(C)C1=O. The summed E-state index contributed by atoms with van der Waals surface area (Å²) >= 11 is 0. The van der Waals surface area contributed by atoms with Crippen molar-refractivity contribution in [3.63, 3.8) is 0 Å². The first-order chi connectivity index (χ1) is 23.0. The van der Waals surface area contributed by atoms with Gasteiger partial charge in [0.1, 0.15) is 18.0 Å². The summed E-state index contributed by atoms with van der Waals surface area (Å²) in [6.07, 6.45) is 12.1. The van der Waals surface area contributed by atoms with E-state index in [1.165, 1.54) is 38.0 Å². The maximum atomic E-state index is 12.3. The Bertz CT molecular complexity index is 1320. The Morgan fingerprint density at radius 1 is 0.653 bits per heavy atom. The molecule has 0 amide bonds. The Balaban J connectivity index is 0.000000500. The number of hydrogen-bond donors (Lipinski definition) is 4. The molecule has 276 valence electrons. The molecule has 0 saturated carbocycles. The maximum absolute atomic E-state index is 12.3. The molecule has 6 unspecified atom stereocenters. The molecular formula is C39H60O10. The number of hydrogen-bond acceptors (Lipinski definition) is 9. The highest BCUT2D eigenvalue weighted by atomic mass is 16.5. The Hall–Kier alpha value is -3.63. The van der Waals surface area contributed by atoms with Gasteiger partial charge in [-0.25, -0.2) is 0 Å². The number of rotatable bonds is 16. The third-order valence-corrected chi connectivity index (χ3v) is 9.34. The van der Waals surface area contributed by atoms with Crippen LogP contribution in [0, 0.1) is 23.7 Å². The number of methoxy groups -OCH3 is 3. The Morgan fingerprint density at radius 3 is 1.63 bits per heavy atom.